The highest BCUT2D eigenvalue weighted by Crippen LogP contribution is 2.27. The second-order valence-corrected chi connectivity index (χ2v) is 5.63. The number of aliphatic imine (C=N–C) groups is 1. The summed E-state index contributed by atoms with van der Waals surface area (Å²) in [6.45, 7) is 0.774. The number of para-hydroxylation sites is 1. The van der Waals surface area contributed by atoms with E-state index in [4.69, 9.17) is 10.2 Å². The van der Waals surface area contributed by atoms with Gasteiger partial charge < -0.3 is 4.57 Å². The van der Waals surface area contributed by atoms with Crippen LogP contribution in [0, 0.1) is 0 Å². The number of nitrogens with zero attached hydrogens (tertiary/aromatic N) is 2. The van der Waals surface area contributed by atoms with Crippen molar-refractivity contribution in [2.45, 2.75) is 6.54 Å². The number of carbonyl (C=O) groups excluding carboxylic acids is 1. The molecule has 0 atom stereocenters. The molecule has 0 bridgehead atoms. The predicted molar refractivity (Wildman–Crippen MR) is 91.0 cm³/mol. The number of fused-ring (bicyclic) bond motifs is 2. The Kier molecular flexibility index (Phi) is 3.48. The predicted octanol–water partition coefficient (Wildman–Crippen LogP) is 3.14. The lowest BCUT2D eigenvalue weighted by Crippen LogP contribution is -2.18. The van der Waals surface area contributed by atoms with Crippen molar-refractivity contribution in [3.8, 4) is 0 Å². The molecule has 3 aromatic rings. The molecule has 5 nitrogen and oxygen atoms in total. The standard InChI is InChI=1S/C19H15N3O2/c23-19(21-24)14-9-7-13(8-10-14)18-17-6-3-11-22(17)12-15-4-1-2-5-16(15)20-18/h1-11,24H,12H2,(H,21,23). The summed E-state index contributed by atoms with van der Waals surface area (Å²) in [6.07, 6.45) is 2.04. The zero-order chi connectivity index (χ0) is 16.5. The van der Waals surface area contributed by atoms with Gasteiger partial charge in [-0.3, -0.25) is 10.0 Å². The van der Waals surface area contributed by atoms with Crippen LogP contribution in [-0.4, -0.2) is 21.4 Å². The van der Waals surface area contributed by atoms with Gasteiger partial charge in [0.15, 0.2) is 0 Å². The summed E-state index contributed by atoms with van der Waals surface area (Å²) < 4.78 is 2.17. The molecule has 1 aliphatic rings. The highest BCUT2D eigenvalue weighted by Gasteiger charge is 2.17. The quantitative estimate of drug-likeness (QED) is 0.440. The van der Waals surface area contributed by atoms with Gasteiger partial charge in [-0.15, -0.1) is 0 Å². The van der Waals surface area contributed by atoms with E-state index in [1.54, 1.807) is 17.6 Å². The van der Waals surface area contributed by atoms with Crippen molar-refractivity contribution < 1.29 is 10.0 Å². The van der Waals surface area contributed by atoms with Crippen molar-refractivity contribution in [1.29, 1.82) is 0 Å². The maximum atomic E-state index is 11.5. The lowest BCUT2D eigenvalue weighted by atomic mass is 10.0. The van der Waals surface area contributed by atoms with Gasteiger partial charge in [0.05, 0.1) is 17.1 Å². The van der Waals surface area contributed by atoms with Gasteiger partial charge in [0.2, 0.25) is 0 Å². The Labute approximate surface area is 138 Å². The average molecular weight is 317 g/mol. The van der Waals surface area contributed by atoms with Gasteiger partial charge in [-0.2, -0.15) is 0 Å². The highest BCUT2D eigenvalue weighted by atomic mass is 16.5. The molecule has 0 saturated heterocycles. The Bertz CT molecular complexity index is 939. The van der Waals surface area contributed by atoms with E-state index in [2.05, 4.69) is 10.6 Å². The van der Waals surface area contributed by atoms with Crippen LogP contribution in [0.3, 0.4) is 0 Å². The third-order valence-corrected chi connectivity index (χ3v) is 4.16. The second-order valence-electron chi connectivity index (χ2n) is 5.63. The first-order chi connectivity index (χ1) is 11.8. The second kappa shape index (κ2) is 5.79. The Hall–Kier alpha value is -3.18. The van der Waals surface area contributed by atoms with Crippen molar-refractivity contribution in [1.82, 2.24) is 10.0 Å². The summed E-state index contributed by atoms with van der Waals surface area (Å²) in [5.74, 6) is -0.530. The molecule has 0 fully saturated rings. The number of benzene rings is 2. The minimum absolute atomic E-state index is 0.395. The number of nitrogens with one attached hydrogen (secondary N) is 1. The molecule has 0 radical (unpaired) electrons. The molecule has 0 unspecified atom stereocenters. The van der Waals surface area contributed by atoms with Crippen LogP contribution in [0.5, 0.6) is 0 Å². The normalized spacial score (nSPS) is 12.6. The largest absolute Gasteiger partial charge is 0.342 e. The van der Waals surface area contributed by atoms with E-state index < -0.39 is 5.91 Å². The van der Waals surface area contributed by atoms with E-state index >= 15 is 0 Å². The zero-order valence-corrected chi connectivity index (χ0v) is 12.8. The van der Waals surface area contributed by atoms with E-state index in [9.17, 15) is 4.79 Å². The molecule has 1 aromatic heterocycles. The van der Waals surface area contributed by atoms with Crippen LogP contribution in [0.15, 0.2) is 71.9 Å². The summed E-state index contributed by atoms with van der Waals surface area (Å²) in [5.41, 5.74) is 6.97. The molecule has 1 amide bonds. The molecule has 4 rings (SSSR count). The topological polar surface area (TPSA) is 66.6 Å². The molecule has 2 aromatic carbocycles. The fraction of sp³-hybridized carbons (Fsp3) is 0.0526. The van der Waals surface area contributed by atoms with Crippen LogP contribution in [0.4, 0.5) is 5.69 Å². The summed E-state index contributed by atoms with van der Waals surface area (Å²) in [7, 11) is 0. The monoisotopic (exact) mass is 317 g/mol. The lowest BCUT2D eigenvalue weighted by Gasteiger charge is -2.09. The van der Waals surface area contributed by atoms with Crippen LogP contribution in [0.2, 0.25) is 0 Å². The van der Waals surface area contributed by atoms with Crippen molar-refractivity contribution >= 4 is 17.3 Å². The van der Waals surface area contributed by atoms with E-state index in [0.29, 0.717) is 5.56 Å². The first-order valence-corrected chi connectivity index (χ1v) is 7.63. The van der Waals surface area contributed by atoms with E-state index in [0.717, 1.165) is 29.2 Å². The SMILES string of the molecule is O=C(NO)c1ccc(C2=Nc3ccccc3Cn3cccc32)cc1. The van der Waals surface area contributed by atoms with Crippen LogP contribution < -0.4 is 5.48 Å². The van der Waals surface area contributed by atoms with Crippen LogP contribution in [-0.2, 0) is 6.54 Å². The number of amides is 1. The molecule has 5 heteroatoms. The van der Waals surface area contributed by atoms with E-state index in [-0.39, 0.29) is 0 Å². The Morgan fingerprint density at radius 1 is 1.04 bits per heavy atom. The number of aromatic nitrogens is 1. The van der Waals surface area contributed by atoms with Crippen LogP contribution in [0.1, 0.15) is 27.2 Å². The smallest absolute Gasteiger partial charge is 0.274 e. The van der Waals surface area contributed by atoms with Gasteiger partial charge in [0.1, 0.15) is 0 Å². The number of carbonyl (C=O) groups is 1. The number of hydroxylamine groups is 1. The van der Waals surface area contributed by atoms with E-state index in [1.807, 2.05) is 48.7 Å². The number of rotatable bonds is 2. The number of hydrogen-bond donors (Lipinski definition) is 2. The highest BCUT2D eigenvalue weighted by molar-refractivity contribution is 6.13. The summed E-state index contributed by atoms with van der Waals surface area (Å²) in [5, 5.41) is 8.73. The van der Waals surface area contributed by atoms with Crippen molar-refractivity contribution in [3.05, 3.63) is 89.2 Å². The lowest BCUT2D eigenvalue weighted by molar-refractivity contribution is 0.0706. The molecule has 1 aliphatic heterocycles. The molecule has 118 valence electrons. The van der Waals surface area contributed by atoms with Gasteiger partial charge in [0.25, 0.3) is 5.91 Å². The van der Waals surface area contributed by atoms with Crippen LogP contribution >= 0.6 is 0 Å². The number of hydrogen-bond acceptors (Lipinski definition) is 3. The van der Waals surface area contributed by atoms with Gasteiger partial charge in [-0.1, -0.05) is 30.3 Å². The molecular weight excluding hydrogens is 302 g/mol. The molecule has 2 N–H and O–H groups in total. The molecular formula is C19H15N3O2. The van der Waals surface area contributed by atoms with Gasteiger partial charge in [0, 0.05) is 23.9 Å². The summed E-state index contributed by atoms with van der Waals surface area (Å²) in [6, 6.07) is 19.2. The molecule has 0 saturated carbocycles. The van der Waals surface area contributed by atoms with Crippen molar-refractivity contribution in [3.63, 3.8) is 0 Å². The van der Waals surface area contributed by atoms with E-state index in [1.165, 1.54) is 5.56 Å². The molecule has 2 heterocycles. The Balaban J connectivity index is 1.84. The summed E-state index contributed by atoms with van der Waals surface area (Å²) >= 11 is 0. The Morgan fingerprint density at radius 3 is 2.62 bits per heavy atom. The third kappa shape index (κ3) is 2.41. The fourth-order valence-electron chi connectivity index (χ4n) is 2.94. The van der Waals surface area contributed by atoms with Gasteiger partial charge >= 0.3 is 0 Å². The maximum Gasteiger partial charge on any atom is 0.274 e. The van der Waals surface area contributed by atoms with Crippen molar-refractivity contribution in [2.24, 2.45) is 4.99 Å². The third-order valence-electron chi connectivity index (χ3n) is 4.16. The van der Waals surface area contributed by atoms with Crippen molar-refractivity contribution in [2.75, 3.05) is 0 Å². The molecule has 0 aliphatic carbocycles. The molecule has 0 spiro atoms. The maximum absolute atomic E-state index is 11.5. The van der Waals surface area contributed by atoms with Crippen LogP contribution in [0.25, 0.3) is 0 Å². The average Bonchev–Trinajstić information content (AvgIpc) is 3.02. The minimum Gasteiger partial charge on any atom is -0.342 e. The summed E-state index contributed by atoms with van der Waals surface area (Å²) in [4.78, 5) is 16.3. The zero-order valence-electron chi connectivity index (χ0n) is 12.8. The van der Waals surface area contributed by atoms with Gasteiger partial charge in [-0.25, -0.2) is 10.5 Å². The fourth-order valence-corrected chi connectivity index (χ4v) is 2.94. The Morgan fingerprint density at radius 2 is 1.83 bits per heavy atom. The first-order valence-electron chi connectivity index (χ1n) is 7.63. The molecule has 24 heavy (non-hydrogen) atoms. The first kappa shape index (κ1) is 14.4. The van der Waals surface area contributed by atoms with Gasteiger partial charge in [-0.05, 0) is 35.9 Å². The minimum atomic E-state index is -0.530.